The normalized spacial score (nSPS) is 10.7. The van der Waals surface area contributed by atoms with Gasteiger partial charge in [0.15, 0.2) is 11.6 Å². The van der Waals surface area contributed by atoms with Gasteiger partial charge < -0.3 is 9.32 Å². The summed E-state index contributed by atoms with van der Waals surface area (Å²) in [5.41, 5.74) is 1.26. The molecule has 7 heteroatoms. The van der Waals surface area contributed by atoms with Gasteiger partial charge in [0.1, 0.15) is 17.0 Å². The van der Waals surface area contributed by atoms with Crippen molar-refractivity contribution in [1.82, 2.24) is 4.98 Å². The topological polar surface area (TPSA) is 46.3 Å². The van der Waals surface area contributed by atoms with E-state index >= 15 is 0 Å². The first-order chi connectivity index (χ1) is 10.6. The van der Waals surface area contributed by atoms with Crippen LogP contribution >= 0.6 is 11.3 Å². The fourth-order valence-electron chi connectivity index (χ4n) is 1.87. The Morgan fingerprint density at radius 1 is 1.27 bits per heavy atom. The minimum atomic E-state index is -1.01. The molecule has 0 saturated carbocycles. The zero-order chi connectivity index (χ0) is 15.7. The Morgan fingerprint density at radius 3 is 2.77 bits per heavy atom. The lowest BCUT2D eigenvalue weighted by Gasteiger charge is -2.16. The Labute approximate surface area is 128 Å². The van der Waals surface area contributed by atoms with Gasteiger partial charge in [0.05, 0.1) is 6.26 Å². The minimum Gasteiger partial charge on any atom is -0.472 e. The first-order valence-corrected chi connectivity index (χ1v) is 7.15. The number of nitrogens with zero attached hydrogens (tertiary/aromatic N) is 2. The van der Waals surface area contributed by atoms with Crippen LogP contribution < -0.4 is 4.90 Å². The zero-order valence-corrected chi connectivity index (χ0v) is 12.2. The summed E-state index contributed by atoms with van der Waals surface area (Å²) < 4.78 is 31.2. The lowest BCUT2D eigenvalue weighted by Crippen LogP contribution is -2.26. The number of aromatic nitrogens is 1. The van der Waals surface area contributed by atoms with Crippen molar-refractivity contribution in [3.05, 3.63) is 59.5 Å². The van der Waals surface area contributed by atoms with E-state index in [0.29, 0.717) is 5.01 Å². The van der Waals surface area contributed by atoms with Gasteiger partial charge >= 0.3 is 0 Å². The minimum absolute atomic E-state index is 0.230. The molecule has 0 unspecified atom stereocenters. The first kappa shape index (κ1) is 14.4. The molecular formula is C15H10F2N2O2S. The molecule has 3 rings (SSSR count). The molecule has 112 valence electrons. The maximum Gasteiger partial charge on any atom is 0.277 e. The Bertz CT molecular complexity index is 815. The number of hydrogen-bond donors (Lipinski definition) is 0. The van der Waals surface area contributed by atoms with Crippen LogP contribution in [0.4, 0.5) is 14.5 Å². The van der Waals surface area contributed by atoms with Crippen molar-refractivity contribution in [2.45, 2.75) is 0 Å². The summed E-state index contributed by atoms with van der Waals surface area (Å²) in [4.78, 5) is 17.8. The third-order valence-electron chi connectivity index (χ3n) is 3.09. The van der Waals surface area contributed by atoms with Crippen molar-refractivity contribution in [3.63, 3.8) is 0 Å². The standard InChI is InChI=1S/C15H10F2N2O2S/c1-19(10-2-3-11(16)12(17)6-10)15(20)13-8-22-14(18-13)9-4-5-21-7-9/h2-8H,1H3. The number of thiazole rings is 1. The fraction of sp³-hybridized carbons (Fsp3) is 0.0667. The van der Waals surface area contributed by atoms with Gasteiger partial charge in [0.25, 0.3) is 5.91 Å². The van der Waals surface area contributed by atoms with Crippen LogP contribution in [0, 0.1) is 11.6 Å². The van der Waals surface area contributed by atoms with Gasteiger partial charge in [-0.05, 0) is 18.2 Å². The van der Waals surface area contributed by atoms with Crippen molar-refractivity contribution in [1.29, 1.82) is 0 Å². The summed E-state index contributed by atoms with van der Waals surface area (Å²) in [5.74, 6) is -2.37. The fourth-order valence-corrected chi connectivity index (χ4v) is 2.65. The molecule has 0 atom stereocenters. The van der Waals surface area contributed by atoms with E-state index in [-0.39, 0.29) is 11.4 Å². The number of amides is 1. The van der Waals surface area contributed by atoms with Crippen molar-refractivity contribution in [2.24, 2.45) is 0 Å². The summed E-state index contributed by atoms with van der Waals surface area (Å²) in [6.45, 7) is 0. The Hall–Kier alpha value is -2.54. The smallest absolute Gasteiger partial charge is 0.277 e. The monoisotopic (exact) mass is 320 g/mol. The Balaban J connectivity index is 1.85. The van der Waals surface area contributed by atoms with E-state index in [1.807, 2.05) is 0 Å². The second kappa shape index (κ2) is 5.69. The molecule has 0 radical (unpaired) electrons. The molecule has 0 bridgehead atoms. The predicted molar refractivity (Wildman–Crippen MR) is 78.9 cm³/mol. The number of halogens is 2. The molecule has 0 aliphatic heterocycles. The summed E-state index contributed by atoms with van der Waals surface area (Å²) in [6, 6.07) is 5.02. The maximum atomic E-state index is 13.3. The first-order valence-electron chi connectivity index (χ1n) is 6.27. The average Bonchev–Trinajstić information content (AvgIpc) is 3.19. The van der Waals surface area contributed by atoms with Crippen molar-refractivity contribution >= 4 is 22.9 Å². The van der Waals surface area contributed by atoms with Crippen molar-refractivity contribution in [2.75, 3.05) is 11.9 Å². The van der Waals surface area contributed by atoms with Gasteiger partial charge in [-0.15, -0.1) is 11.3 Å². The quantitative estimate of drug-likeness (QED) is 0.734. The molecule has 0 saturated heterocycles. The van der Waals surface area contributed by atoms with Crippen LogP contribution in [0.1, 0.15) is 10.5 Å². The second-order valence-corrected chi connectivity index (χ2v) is 5.37. The van der Waals surface area contributed by atoms with Gasteiger partial charge in [0, 0.05) is 29.7 Å². The van der Waals surface area contributed by atoms with Gasteiger partial charge in [-0.1, -0.05) is 0 Å². The Morgan fingerprint density at radius 2 is 2.09 bits per heavy atom. The second-order valence-electron chi connectivity index (χ2n) is 4.51. The maximum absolute atomic E-state index is 13.3. The third kappa shape index (κ3) is 2.62. The number of carbonyl (C=O) groups is 1. The molecule has 22 heavy (non-hydrogen) atoms. The Kier molecular flexibility index (Phi) is 3.72. The van der Waals surface area contributed by atoms with Gasteiger partial charge in [-0.2, -0.15) is 0 Å². The van der Waals surface area contributed by atoms with Crippen LogP contribution in [0.5, 0.6) is 0 Å². The summed E-state index contributed by atoms with van der Waals surface area (Å²) in [7, 11) is 1.48. The van der Waals surface area contributed by atoms with E-state index in [1.165, 1.54) is 41.9 Å². The summed E-state index contributed by atoms with van der Waals surface area (Å²) >= 11 is 1.30. The van der Waals surface area contributed by atoms with E-state index < -0.39 is 17.5 Å². The average molecular weight is 320 g/mol. The van der Waals surface area contributed by atoms with E-state index in [0.717, 1.165) is 17.7 Å². The number of furan rings is 1. The molecule has 0 aliphatic rings. The predicted octanol–water partition coefficient (Wildman–Crippen LogP) is 3.96. The zero-order valence-electron chi connectivity index (χ0n) is 11.4. The highest BCUT2D eigenvalue weighted by Crippen LogP contribution is 2.25. The molecule has 1 amide bonds. The lowest BCUT2D eigenvalue weighted by molar-refractivity contribution is 0.0989. The van der Waals surface area contributed by atoms with E-state index in [4.69, 9.17) is 4.42 Å². The van der Waals surface area contributed by atoms with Crippen molar-refractivity contribution in [3.8, 4) is 10.6 Å². The van der Waals surface area contributed by atoms with Gasteiger partial charge in [-0.25, -0.2) is 13.8 Å². The highest BCUT2D eigenvalue weighted by Gasteiger charge is 2.18. The van der Waals surface area contributed by atoms with E-state index in [2.05, 4.69) is 4.98 Å². The number of hydrogen-bond acceptors (Lipinski definition) is 4. The van der Waals surface area contributed by atoms with Crippen LogP contribution in [-0.4, -0.2) is 17.9 Å². The highest BCUT2D eigenvalue weighted by atomic mass is 32.1. The lowest BCUT2D eigenvalue weighted by atomic mass is 10.2. The largest absolute Gasteiger partial charge is 0.472 e. The molecule has 0 aliphatic carbocycles. The number of benzene rings is 1. The molecular weight excluding hydrogens is 310 g/mol. The molecule has 1 aromatic carbocycles. The van der Waals surface area contributed by atoms with Gasteiger partial charge in [-0.3, -0.25) is 4.79 Å². The molecule has 4 nitrogen and oxygen atoms in total. The molecule has 2 heterocycles. The molecule has 2 aromatic heterocycles. The third-order valence-corrected chi connectivity index (χ3v) is 3.98. The van der Waals surface area contributed by atoms with Crippen LogP contribution in [0.3, 0.4) is 0 Å². The molecule has 0 spiro atoms. The van der Waals surface area contributed by atoms with E-state index in [9.17, 15) is 13.6 Å². The van der Waals surface area contributed by atoms with Crippen LogP contribution in [0.25, 0.3) is 10.6 Å². The SMILES string of the molecule is CN(C(=O)c1csc(-c2ccoc2)n1)c1ccc(F)c(F)c1. The van der Waals surface area contributed by atoms with Crippen LogP contribution in [-0.2, 0) is 0 Å². The summed E-state index contributed by atoms with van der Waals surface area (Å²) in [6.07, 6.45) is 3.05. The molecule has 3 aromatic rings. The van der Waals surface area contributed by atoms with Crippen molar-refractivity contribution < 1.29 is 18.0 Å². The number of rotatable bonds is 3. The number of carbonyl (C=O) groups excluding carboxylic acids is 1. The van der Waals surface area contributed by atoms with Crippen LogP contribution in [0.2, 0.25) is 0 Å². The van der Waals surface area contributed by atoms with E-state index in [1.54, 1.807) is 11.4 Å². The van der Waals surface area contributed by atoms with Gasteiger partial charge in [0.2, 0.25) is 0 Å². The number of anilines is 1. The molecule has 0 fully saturated rings. The van der Waals surface area contributed by atoms with Crippen LogP contribution in [0.15, 0.2) is 46.6 Å². The molecule has 0 N–H and O–H groups in total. The highest BCUT2D eigenvalue weighted by molar-refractivity contribution is 7.13. The summed E-state index contributed by atoms with van der Waals surface area (Å²) in [5, 5.41) is 2.26.